The molecule has 3 rings (SSSR count). The van der Waals surface area contributed by atoms with Crippen molar-refractivity contribution in [2.75, 3.05) is 19.7 Å². The number of carbonyl (C=O) groups excluding carboxylic acids is 1. The molecule has 1 aromatic rings. The van der Waals surface area contributed by atoms with Gasteiger partial charge < -0.3 is 15.4 Å². The first-order valence-electron chi connectivity index (χ1n) is 6.87. The minimum absolute atomic E-state index is 0. The zero-order valence-electron chi connectivity index (χ0n) is 11.5. The van der Waals surface area contributed by atoms with Gasteiger partial charge in [-0.3, -0.25) is 4.79 Å². The fraction of sp³-hybridized carbons (Fsp3) is 0.400. The Balaban J connectivity index is 0.00000161. The smallest absolute Gasteiger partial charge is 0.250 e. The Bertz CT molecular complexity index is 557. The van der Waals surface area contributed by atoms with Gasteiger partial charge in [0, 0.05) is 22.6 Å². The van der Waals surface area contributed by atoms with Gasteiger partial charge in [-0.05, 0) is 43.7 Å². The van der Waals surface area contributed by atoms with E-state index in [4.69, 9.17) is 4.74 Å². The van der Waals surface area contributed by atoms with Crippen LogP contribution in [0.5, 0.6) is 5.75 Å². The van der Waals surface area contributed by atoms with E-state index in [1.807, 2.05) is 24.3 Å². The number of halogens is 2. The second kappa shape index (κ2) is 7.29. The molecule has 0 aliphatic carbocycles. The van der Waals surface area contributed by atoms with Gasteiger partial charge in [-0.25, -0.2) is 0 Å². The molecule has 1 saturated heterocycles. The van der Waals surface area contributed by atoms with Crippen LogP contribution in [-0.2, 0) is 4.79 Å². The molecular weight excluding hydrogens is 356 g/mol. The van der Waals surface area contributed by atoms with Gasteiger partial charge in [0.05, 0.1) is 5.57 Å². The monoisotopic (exact) mass is 372 g/mol. The number of benzene rings is 1. The highest BCUT2D eigenvalue weighted by Crippen LogP contribution is 2.29. The van der Waals surface area contributed by atoms with Gasteiger partial charge in [-0.1, -0.05) is 15.9 Å². The Labute approximate surface area is 138 Å². The molecule has 0 aromatic heterocycles. The molecule has 0 unspecified atom stereocenters. The highest BCUT2D eigenvalue weighted by molar-refractivity contribution is 9.10. The Morgan fingerprint density at radius 3 is 3.05 bits per heavy atom. The zero-order valence-corrected chi connectivity index (χ0v) is 13.9. The first-order valence-corrected chi connectivity index (χ1v) is 7.66. The Morgan fingerprint density at radius 1 is 1.43 bits per heavy atom. The molecule has 2 aliphatic rings. The van der Waals surface area contributed by atoms with Gasteiger partial charge in [-0.15, -0.1) is 12.4 Å². The van der Waals surface area contributed by atoms with Gasteiger partial charge in [0.1, 0.15) is 12.4 Å². The molecule has 1 aromatic carbocycles. The third-order valence-electron chi connectivity index (χ3n) is 3.61. The number of ether oxygens (including phenoxy) is 1. The van der Waals surface area contributed by atoms with E-state index in [0.717, 1.165) is 41.7 Å². The number of rotatable bonds is 2. The van der Waals surface area contributed by atoms with Crippen molar-refractivity contribution in [3.05, 3.63) is 33.8 Å². The summed E-state index contributed by atoms with van der Waals surface area (Å²) >= 11 is 3.43. The zero-order chi connectivity index (χ0) is 13.9. The molecule has 0 bridgehead atoms. The second-order valence-corrected chi connectivity index (χ2v) is 6.07. The predicted octanol–water partition coefficient (Wildman–Crippen LogP) is 2.51. The van der Waals surface area contributed by atoms with Crippen molar-refractivity contribution in [1.82, 2.24) is 10.6 Å². The maximum atomic E-state index is 12.3. The van der Waals surface area contributed by atoms with E-state index in [1.54, 1.807) is 0 Å². The molecule has 1 amide bonds. The van der Waals surface area contributed by atoms with E-state index < -0.39 is 0 Å². The number of hydrogen-bond acceptors (Lipinski definition) is 3. The summed E-state index contributed by atoms with van der Waals surface area (Å²) in [6.45, 7) is 2.22. The summed E-state index contributed by atoms with van der Waals surface area (Å²) in [6, 6.07) is 6.03. The van der Waals surface area contributed by atoms with Crippen LogP contribution < -0.4 is 15.4 Å². The van der Waals surface area contributed by atoms with Crippen LogP contribution in [0.1, 0.15) is 18.4 Å². The van der Waals surface area contributed by atoms with Gasteiger partial charge >= 0.3 is 0 Å². The third kappa shape index (κ3) is 3.99. The molecule has 2 heterocycles. The first kappa shape index (κ1) is 16.3. The van der Waals surface area contributed by atoms with E-state index in [0.29, 0.717) is 12.2 Å². The van der Waals surface area contributed by atoms with Crippen molar-refractivity contribution in [3.63, 3.8) is 0 Å². The molecule has 2 N–H and O–H groups in total. The third-order valence-corrected chi connectivity index (χ3v) is 4.10. The van der Waals surface area contributed by atoms with Crippen LogP contribution in [0.3, 0.4) is 0 Å². The quantitative estimate of drug-likeness (QED) is 0.837. The molecule has 21 heavy (non-hydrogen) atoms. The van der Waals surface area contributed by atoms with E-state index in [1.165, 1.54) is 0 Å². The highest BCUT2D eigenvalue weighted by atomic mass is 79.9. The summed E-state index contributed by atoms with van der Waals surface area (Å²) in [5.41, 5.74) is 1.62. The molecule has 1 fully saturated rings. The van der Waals surface area contributed by atoms with E-state index in [-0.39, 0.29) is 24.4 Å². The largest absolute Gasteiger partial charge is 0.488 e. The molecular formula is C15H18BrClN2O2. The van der Waals surface area contributed by atoms with Crippen molar-refractivity contribution >= 4 is 40.3 Å². The number of piperidine rings is 1. The fourth-order valence-corrected chi connectivity index (χ4v) is 2.91. The van der Waals surface area contributed by atoms with E-state index in [2.05, 4.69) is 26.6 Å². The van der Waals surface area contributed by atoms with Crippen LogP contribution in [-0.4, -0.2) is 31.6 Å². The molecule has 114 valence electrons. The maximum absolute atomic E-state index is 12.3. The lowest BCUT2D eigenvalue weighted by molar-refractivity contribution is -0.118. The highest BCUT2D eigenvalue weighted by Gasteiger charge is 2.21. The number of carbonyl (C=O) groups is 1. The standard InChI is InChI=1S/C15H17BrN2O2.ClH/c16-12-3-4-14-10(7-12)6-11(9-20-14)15(19)18-13-2-1-5-17-8-13;/h3-4,6-7,13,17H,1-2,5,8-9H2,(H,18,19);1H/t13-;/m0./s1. The van der Waals surface area contributed by atoms with Crippen LogP contribution >= 0.6 is 28.3 Å². The fourth-order valence-electron chi connectivity index (χ4n) is 2.53. The van der Waals surface area contributed by atoms with Gasteiger partial charge in [0.2, 0.25) is 0 Å². The lowest BCUT2D eigenvalue weighted by Crippen LogP contribution is -2.46. The van der Waals surface area contributed by atoms with Crippen molar-refractivity contribution < 1.29 is 9.53 Å². The Kier molecular flexibility index (Phi) is 5.67. The number of fused-ring (bicyclic) bond motifs is 1. The van der Waals surface area contributed by atoms with E-state index >= 15 is 0 Å². The summed E-state index contributed by atoms with van der Waals surface area (Å²) < 4.78 is 6.62. The van der Waals surface area contributed by atoms with Crippen LogP contribution in [0.2, 0.25) is 0 Å². The van der Waals surface area contributed by atoms with Gasteiger partial charge in [0.25, 0.3) is 5.91 Å². The molecule has 0 saturated carbocycles. The number of hydrogen-bond donors (Lipinski definition) is 2. The summed E-state index contributed by atoms with van der Waals surface area (Å²) in [7, 11) is 0. The average molecular weight is 374 g/mol. The SMILES string of the molecule is Cl.O=C(N[C@H]1CCCNC1)C1=Cc2cc(Br)ccc2OC1. The van der Waals surface area contributed by atoms with Crippen LogP contribution in [0.4, 0.5) is 0 Å². The lowest BCUT2D eigenvalue weighted by Gasteiger charge is -2.25. The van der Waals surface area contributed by atoms with Gasteiger partial charge in [0.15, 0.2) is 0 Å². The van der Waals surface area contributed by atoms with Crippen LogP contribution in [0, 0.1) is 0 Å². The summed E-state index contributed by atoms with van der Waals surface area (Å²) in [6.07, 6.45) is 4.06. The maximum Gasteiger partial charge on any atom is 0.250 e. The first-order chi connectivity index (χ1) is 9.72. The number of nitrogens with one attached hydrogen (secondary N) is 2. The molecule has 0 radical (unpaired) electrons. The minimum Gasteiger partial charge on any atom is -0.488 e. The van der Waals surface area contributed by atoms with Crippen molar-refractivity contribution in [3.8, 4) is 5.75 Å². The Morgan fingerprint density at radius 2 is 2.29 bits per heavy atom. The van der Waals surface area contributed by atoms with Crippen molar-refractivity contribution in [1.29, 1.82) is 0 Å². The second-order valence-electron chi connectivity index (χ2n) is 5.16. The topological polar surface area (TPSA) is 50.4 Å². The molecule has 4 nitrogen and oxygen atoms in total. The average Bonchev–Trinajstić information content (AvgIpc) is 2.47. The predicted molar refractivity (Wildman–Crippen MR) is 88.9 cm³/mol. The summed E-state index contributed by atoms with van der Waals surface area (Å²) in [5.74, 6) is 0.799. The summed E-state index contributed by atoms with van der Waals surface area (Å²) in [4.78, 5) is 12.3. The van der Waals surface area contributed by atoms with Crippen LogP contribution in [0.15, 0.2) is 28.2 Å². The molecule has 2 aliphatic heterocycles. The van der Waals surface area contributed by atoms with Crippen molar-refractivity contribution in [2.24, 2.45) is 0 Å². The Hall–Kier alpha value is -1.04. The van der Waals surface area contributed by atoms with Gasteiger partial charge in [-0.2, -0.15) is 0 Å². The lowest BCUT2D eigenvalue weighted by atomic mass is 10.0. The molecule has 1 atom stereocenters. The minimum atomic E-state index is -0.0238. The number of amides is 1. The molecule has 0 spiro atoms. The van der Waals surface area contributed by atoms with E-state index in [9.17, 15) is 4.79 Å². The normalized spacial score (nSPS) is 20.4. The molecule has 6 heteroatoms. The summed E-state index contributed by atoms with van der Waals surface area (Å²) in [5, 5.41) is 6.37. The van der Waals surface area contributed by atoms with Crippen LogP contribution in [0.25, 0.3) is 6.08 Å². The van der Waals surface area contributed by atoms with Crippen molar-refractivity contribution in [2.45, 2.75) is 18.9 Å².